The first-order chi connectivity index (χ1) is 6.88. The van der Waals surface area contributed by atoms with Gasteiger partial charge in [0.25, 0.3) is 5.91 Å². The molecule has 0 saturated carbocycles. The zero-order chi connectivity index (χ0) is 9.80. The van der Waals surface area contributed by atoms with Crippen LogP contribution in [0.1, 0.15) is 0 Å². The summed E-state index contributed by atoms with van der Waals surface area (Å²) in [6.07, 6.45) is 5.81. The molecule has 1 aromatic rings. The summed E-state index contributed by atoms with van der Waals surface area (Å²) in [5.41, 5.74) is 0.823. The summed E-state index contributed by atoms with van der Waals surface area (Å²) in [6, 6.07) is 9.39. The maximum atomic E-state index is 11.5. The molecule has 1 aliphatic heterocycles. The van der Waals surface area contributed by atoms with Gasteiger partial charge in [0.15, 0.2) is 0 Å². The fourth-order valence-electron chi connectivity index (χ4n) is 1.19. The molecule has 1 amide bonds. The molecule has 3 nitrogen and oxygen atoms in total. The standard InChI is InChI=1S/C11H9NO2/c13-11-6-8-14-9-7-12(11)10-4-2-1-3-5-10/h1-9H. The molecule has 0 atom stereocenters. The molecular formula is C11H9NO2. The highest BCUT2D eigenvalue weighted by atomic mass is 16.5. The Hall–Kier alpha value is -2.03. The SMILES string of the molecule is O=C1C=COC=CN1c1ccccc1. The van der Waals surface area contributed by atoms with Crippen LogP contribution in [0.2, 0.25) is 0 Å². The Bertz CT molecular complexity index is 382. The molecule has 0 aromatic heterocycles. The Morgan fingerprint density at radius 1 is 1.07 bits per heavy atom. The molecule has 0 N–H and O–H groups in total. The summed E-state index contributed by atoms with van der Waals surface area (Å²) in [5.74, 6) is -0.120. The number of hydrogen-bond acceptors (Lipinski definition) is 2. The first kappa shape index (κ1) is 8.56. The molecule has 0 saturated heterocycles. The summed E-state index contributed by atoms with van der Waals surface area (Å²) in [5, 5.41) is 0. The van der Waals surface area contributed by atoms with Gasteiger partial charge in [0.2, 0.25) is 0 Å². The largest absolute Gasteiger partial charge is 0.471 e. The van der Waals surface area contributed by atoms with Crippen LogP contribution in [0.15, 0.2) is 55.1 Å². The van der Waals surface area contributed by atoms with E-state index >= 15 is 0 Å². The molecule has 0 spiro atoms. The van der Waals surface area contributed by atoms with Gasteiger partial charge >= 0.3 is 0 Å². The summed E-state index contributed by atoms with van der Waals surface area (Å²) in [4.78, 5) is 13.0. The van der Waals surface area contributed by atoms with Crippen molar-refractivity contribution in [1.29, 1.82) is 0 Å². The third-order valence-electron chi connectivity index (χ3n) is 1.85. The molecule has 0 unspecified atom stereocenters. The zero-order valence-electron chi connectivity index (χ0n) is 7.46. The first-order valence-corrected chi connectivity index (χ1v) is 4.25. The van der Waals surface area contributed by atoms with Crippen molar-refractivity contribution >= 4 is 11.6 Å². The van der Waals surface area contributed by atoms with Gasteiger partial charge in [-0.2, -0.15) is 0 Å². The summed E-state index contributed by atoms with van der Waals surface area (Å²) in [6.45, 7) is 0. The van der Waals surface area contributed by atoms with Crippen molar-refractivity contribution in [2.24, 2.45) is 0 Å². The third-order valence-corrected chi connectivity index (χ3v) is 1.85. The molecule has 1 heterocycles. The molecule has 70 valence electrons. The number of benzene rings is 1. The van der Waals surface area contributed by atoms with Gasteiger partial charge in [-0.15, -0.1) is 0 Å². The molecule has 14 heavy (non-hydrogen) atoms. The molecule has 0 fully saturated rings. The lowest BCUT2D eigenvalue weighted by molar-refractivity contribution is -0.113. The Morgan fingerprint density at radius 2 is 1.86 bits per heavy atom. The average Bonchev–Trinajstić information content (AvgIpc) is 2.44. The number of ether oxygens (including phenoxy) is 1. The van der Waals surface area contributed by atoms with Crippen molar-refractivity contribution in [2.75, 3.05) is 4.90 Å². The Morgan fingerprint density at radius 3 is 2.64 bits per heavy atom. The fourth-order valence-corrected chi connectivity index (χ4v) is 1.19. The smallest absolute Gasteiger partial charge is 0.258 e. The van der Waals surface area contributed by atoms with Gasteiger partial charge in [0, 0.05) is 18.0 Å². The minimum absolute atomic E-state index is 0.120. The van der Waals surface area contributed by atoms with Crippen molar-refractivity contribution in [3.63, 3.8) is 0 Å². The Balaban J connectivity index is 2.33. The molecule has 0 radical (unpaired) electrons. The molecule has 2 rings (SSSR count). The highest BCUT2D eigenvalue weighted by molar-refractivity contribution is 6.02. The van der Waals surface area contributed by atoms with E-state index in [1.165, 1.54) is 23.5 Å². The molecule has 0 bridgehead atoms. The van der Waals surface area contributed by atoms with Crippen LogP contribution in [-0.2, 0) is 9.53 Å². The van der Waals surface area contributed by atoms with E-state index in [-0.39, 0.29) is 5.91 Å². The monoisotopic (exact) mass is 187 g/mol. The van der Waals surface area contributed by atoms with Gasteiger partial charge in [-0.05, 0) is 12.1 Å². The minimum Gasteiger partial charge on any atom is -0.471 e. The second kappa shape index (κ2) is 3.79. The number of hydrogen-bond donors (Lipinski definition) is 0. The van der Waals surface area contributed by atoms with E-state index < -0.39 is 0 Å². The number of amides is 1. The van der Waals surface area contributed by atoms with E-state index in [2.05, 4.69) is 0 Å². The predicted octanol–water partition coefficient (Wildman–Crippen LogP) is 2.03. The number of rotatable bonds is 1. The van der Waals surface area contributed by atoms with Gasteiger partial charge in [-0.1, -0.05) is 18.2 Å². The van der Waals surface area contributed by atoms with E-state index in [4.69, 9.17) is 4.74 Å². The maximum Gasteiger partial charge on any atom is 0.258 e. The van der Waals surface area contributed by atoms with Crippen LogP contribution in [0.5, 0.6) is 0 Å². The molecular weight excluding hydrogens is 178 g/mol. The fraction of sp³-hybridized carbons (Fsp3) is 0. The van der Waals surface area contributed by atoms with E-state index in [0.717, 1.165) is 5.69 Å². The van der Waals surface area contributed by atoms with Gasteiger partial charge in [0.05, 0.1) is 6.26 Å². The maximum absolute atomic E-state index is 11.5. The Labute approximate surface area is 81.9 Å². The quantitative estimate of drug-likeness (QED) is 0.673. The van der Waals surface area contributed by atoms with Crippen LogP contribution in [0, 0.1) is 0 Å². The van der Waals surface area contributed by atoms with Crippen LogP contribution in [0.25, 0.3) is 0 Å². The Kier molecular flexibility index (Phi) is 2.32. The molecule has 1 aliphatic rings. The summed E-state index contributed by atoms with van der Waals surface area (Å²) >= 11 is 0. The molecule has 1 aromatic carbocycles. The first-order valence-electron chi connectivity index (χ1n) is 4.25. The van der Waals surface area contributed by atoms with Crippen LogP contribution in [-0.4, -0.2) is 5.91 Å². The normalized spacial score (nSPS) is 15.1. The van der Waals surface area contributed by atoms with Crippen LogP contribution in [0.4, 0.5) is 5.69 Å². The minimum atomic E-state index is -0.120. The average molecular weight is 187 g/mol. The number of anilines is 1. The molecule has 3 heteroatoms. The number of para-hydroxylation sites is 1. The second-order valence-electron chi connectivity index (χ2n) is 2.77. The predicted molar refractivity (Wildman–Crippen MR) is 53.3 cm³/mol. The van der Waals surface area contributed by atoms with Gasteiger partial charge in [0.1, 0.15) is 6.26 Å². The van der Waals surface area contributed by atoms with E-state index in [1.807, 2.05) is 30.3 Å². The summed E-state index contributed by atoms with van der Waals surface area (Å²) in [7, 11) is 0. The lowest BCUT2D eigenvalue weighted by atomic mass is 10.3. The van der Waals surface area contributed by atoms with Crippen molar-refractivity contribution in [3.8, 4) is 0 Å². The number of carbonyl (C=O) groups excluding carboxylic acids is 1. The van der Waals surface area contributed by atoms with Crippen LogP contribution < -0.4 is 4.90 Å². The lowest BCUT2D eigenvalue weighted by Crippen LogP contribution is -2.22. The van der Waals surface area contributed by atoms with E-state index in [0.29, 0.717) is 0 Å². The van der Waals surface area contributed by atoms with Gasteiger partial charge in [-0.25, -0.2) is 0 Å². The number of carbonyl (C=O) groups is 1. The van der Waals surface area contributed by atoms with E-state index in [9.17, 15) is 4.79 Å². The van der Waals surface area contributed by atoms with E-state index in [1.54, 1.807) is 6.20 Å². The van der Waals surface area contributed by atoms with Crippen molar-refractivity contribution in [3.05, 3.63) is 55.1 Å². The zero-order valence-corrected chi connectivity index (χ0v) is 7.46. The summed E-state index contributed by atoms with van der Waals surface area (Å²) < 4.78 is 4.89. The molecule has 0 aliphatic carbocycles. The highest BCUT2D eigenvalue weighted by Crippen LogP contribution is 2.15. The van der Waals surface area contributed by atoms with Crippen molar-refractivity contribution < 1.29 is 9.53 Å². The second-order valence-corrected chi connectivity index (χ2v) is 2.77. The third kappa shape index (κ3) is 1.66. The van der Waals surface area contributed by atoms with Gasteiger partial charge < -0.3 is 4.74 Å². The van der Waals surface area contributed by atoms with Crippen LogP contribution >= 0.6 is 0 Å². The van der Waals surface area contributed by atoms with Crippen molar-refractivity contribution in [2.45, 2.75) is 0 Å². The van der Waals surface area contributed by atoms with Crippen molar-refractivity contribution in [1.82, 2.24) is 0 Å². The van der Waals surface area contributed by atoms with Crippen LogP contribution in [0.3, 0.4) is 0 Å². The topological polar surface area (TPSA) is 29.5 Å². The highest BCUT2D eigenvalue weighted by Gasteiger charge is 2.10. The number of nitrogens with zero attached hydrogens (tertiary/aromatic N) is 1. The van der Waals surface area contributed by atoms with Gasteiger partial charge in [-0.3, -0.25) is 9.69 Å². The lowest BCUT2D eigenvalue weighted by Gasteiger charge is -2.14.